The highest BCUT2D eigenvalue weighted by Gasteiger charge is 2.19. The van der Waals surface area contributed by atoms with Gasteiger partial charge in [0.25, 0.3) is 0 Å². The van der Waals surface area contributed by atoms with Gasteiger partial charge in [-0.2, -0.15) is 0 Å². The average molecular weight is 254 g/mol. The summed E-state index contributed by atoms with van der Waals surface area (Å²) >= 11 is 0. The zero-order chi connectivity index (χ0) is 13.4. The molecule has 2 nitrogen and oxygen atoms in total. The van der Waals surface area contributed by atoms with Crippen molar-refractivity contribution in [1.29, 1.82) is 0 Å². The number of hydrogen-bond donors (Lipinski definition) is 1. The number of likely N-dealkylation sites (tertiary alicyclic amines) is 1. The van der Waals surface area contributed by atoms with E-state index in [4.69, 9.17) is 0 Å². The Morgan fingerprint density at radius 1 is 1.17 bits per heavy atom. The van der Waals surface area contributed by atoms with Gasteiger partial charge in [0.05, 0.1) is 0 Å². The lowest BCUT2D eigenvalue weighted by atomic mass is 9.98. The molecule has 2 heteroatoms. The summed E-state index contributed by atoms with van der Waals surface area (Å²) in [6.45, 7) is 14.3. The molecule has 0 bridgehead atoms. The molecular weight excluding hydrogens is 220 g/mol. The van der Waals surface area contributed by atoms with Crippen molar-refractivity contribution in [2.45, 2.75) is 65.8 Å². The minimum Gasteiger partial charge on any atom is -0.316 e. The smallest absolute Gasteiger partial charge is 0.00790 e. The number of nitrogens with zero attached hydrogens (tertiary/aromatic N) is 1. The zero-order valence-corrected chi connectivity index (χ0v) is 13.0. The zero-order valence-electron chi connectivity index (χ0n) is 13.0. The molecule has 2 atom stereocenters. The molecular formula is C16H34N2. The summed E-state index contributed by atoms with van der Waals surface area (Å²) in [5.74, 6) is 1.75. The Balaban J connectivity index is 2.18. The summed E-state index contributed by atoms with van der Waals surface area (Å²) in [5.41, 5.74) is 0. The van der Waals surface area contributed by atoms with Gasteiger partial charge in [-0.15, -0.1) is 0 Å². The van der Waals surface area contributed by atoms with Crippen LogP contribution in [0.2, 0.25) is 0 Å². The van der Waals surface area contributed by atoms with Gasteiger partial charge in [0.15, 0.2) is 0 Å². The van der Waals surface area contributed by atoms with E-state index in [-0.39, 0.29) is 0 Å². The van der Waals surface area contributed by atoms with Gasteiger partial charge in [-0.25, -0.2) is 0 Å². The van der Waals surface area contributed by atoms with Gasteiger partial charge in [0, 0.05) is 6.04 Å². The van der Waals surface area contributed by atoms with Crippen molar-refractivity contribution in [1.82, 2.24) is 10.2 Å². The fourth-order valence-corrected chi connectivity index (χ4v) is 2.92. The molecule has 0 radical (unpaired) electrons. The van der Waals surface area contributed by atoms with Gasteiger partial charge in [0.1, 0.15) is 0 Å². The van der Waals surface area contributed by atoms with Crippen molar-refractivity contribution in [3.05, 3.63) is 0 Å². The lowest BCUT2D eigenvalue weighted by molar-refractivity contribution is 0.203. The first-order valence-electron chi connectivity index (χ1n) is 8.08. The molecule has 2 unspecified atom stereocenters. The van der Waals surface area contributed by atoms with Crippen LogP contribution in [0.15, 0.2) is 0 Å². The maximum atomic E-state index is 3.56. The van der Waals surface area contributed by atoms with Crippen molar-refractivity contribution in [2.24, 2.45) is 11.8 Å². The maximum Gasteiger partial charge on any atom is 0.00790 e. The number of hydrogen-bond acceptors (Lipinski definition) is 2. The molecule has 0 aromatic rings. The molecule has 0 aliphatic carbocycles. The van der Waals surface area contributed by atoms with Gasteiger partial charge in [-0.1, -0.05) is 27.2 Å². The van der Waals surface area contributed by atoms with E-state index in [1.165, 1.54) is 51.7 Å². The van der Waals surface area contributed by atoms with Crippen molar-refractivity contribution >= 4 is 0 Å². The van der Waals surface area contributed by atoms with E-state index >= 15 is 0 Å². The van der Waals surface area contributed by atoms with E-state index in [1.54, 1.807) is 0 Å². The van der Waals surface area contributed by atoms with E-state index in [0.717, 1.165) is 24.4 Å². The lowest BCUT2D eigenvalue weighted by Gasteiger charge is -2.28. The fraction of sp³-hybridized carbons (Fsp3) is 1.00. The first kappa shape index (κ1) is 16.0. The van der Waals surface area contributed by atoms with Crippen LogP contribution < -0.4 is 5.32 Å². The van der Waals surface area contributed by atoms with Crippen LogP contribution in [0.3, 0.4) is 0 Å². The Bertz CT molecular complexity index is 203. The Kier molecular flexibility index (Phi) is 7.92. The standard InChI is InChI=1S/C16H34N2/c1-5-16-7-6-11-18(12-9-16)15(4)8-10-17-13-14(2)3/h14-17H,5-13H2,1-4H3. The molecule has 1 fully saturated rings. The predicted molar refractivity (Wildman–Crippen MR) is 81.0 cm³/mol. The molecule has 1 heterocycles. The minimum atomic E-state index is 0.750. The molecule has 0 aromatic carbocycles. The molecule has 0 aromatic heterocycles. The molecule has 1 aliphatic rings. The third kappa shape index (κ3) is 6.19. The first-order valence-corrected chi connectivity index (χ1v) is 8.08. The Morgan fingerprint density at radius 3 is 2.61 bits per heavy atom. The van der Waals surface area contributed by atoms with Gasteiger partial charge >= 0.3 is 0 Å². The fourth-order valence-electron chi connectivity index (χ4n) is 2.92. The van der Waals surface area contributed by atoms with Crippen molar-refractivity contribution in [3.63, 3.8) is 0 Å². The Hall–Kier alpha value is -0.0800. The summed E-state index contributed by atoms with van der Waals surface area (Å²) in [4.78, 5) is 2.71. The maximum absolute atomic E-state index is 3.56. The Morgan fingerprint density at radius 2 is 1.94 bits per heavy atom. The van der Waals surface area contributed by atoms with E-state index in [2.05, 4.69) is 37.9 Å². The highest BCUT2D eigenvalue weighted by atomic mass is 15.1. The van der Waals surface area contributed by atoms with Gasteiger partial charge in [-0.05, 0) is 70.6 Å². The summed E-state index contributed by atoms with van der Waals surface area (Å²) in [7, 11) is 0. The van der Waals surface area contributed by atoms with E-state index in [1.807, 2.05) is 0 Å². The predicted octanol–water partition coefficient (Wildman–Crippen LogP) is 3.52. The van der Waals surface area contributed by atoms with E-state index < -0.39 is 0 Å². The molecule has 0 spiro atoms. The third-order valence-electron chi connectivity index (χ3n) is 4.37. The van der Waals surface area contributed by atoms with Crippen LogP contribution in [0, 0.1) is 11.8 Å². The monoisotopic (exact) mass is 254 g/mol. The molecule has 108 valence electrons. The van der Waals surface area contributed by atoms with Crippen molar-refractivity contribution in [2.75, 3.05) is 26.2 Å². The molecule has 1 saturated heterocycles. The summed E-state index contributed by atoms with van der Waals surface area (Å²) in [5, 5.41) is 3.56. The van der Waals surface area contributed by atoms with Crippen LogP contribution in [-0.2, 0) is 0 Å². The van der Waals surface area contributed by atoms with Crippen LogP contribution in [0.1, 0.15) is 59.8 Å². The second-order valence-electron chi connectivity index (χ2n) is 6.48. The average Bonchev–Trinajstić information content (AvgIpc) is 2.59. The largest absolute Gasteiger partial charge is 0.316 e. The van der Waals surface area contributed by atoms with E-state index in [9.17, 15) is 0 Å². The van der Waals surface area contributed by atoms with Gasteiger partial charge in [-0.3, -0.25) is 0 Å². The summed E-state index contributed by atoms with van der Waals surface area (Å²) < 4.78 is 0. The Labute approximate surface area is 115 Å². The minimum absolute atomic E-state index is 0.750. The lowest BCUT2D eigenvalue weighted by Crippen LogP contribution is -2.36. The molecule has 0 amide bonds. The normalized spacial score (nSPS) is 24.2. The van der Waals surface area contributed by atoms with E-state index in [0.29, 0.717) is 0 Å². The second-order valence-corrected chi connectivity index (χ2v) is 6.48. The summed E-state index contributed by atoms with van der Waals surface area (Å²) in [6.07, 6.45) is 6.94. The molecule has 1 rings (SSSR count). The van der Waals surface area contributed by atoms with Crippen molar-refractivity contribution in [3.8, 4) is 0 Å². The topological polar surface area (TPSA) is 15.3 Å². The first-order chi connectivity index (χ1) is 8.63. The molecule has 1 N–H and O–H groups in total. The van der Waals surface area contributed by atoms with Crippen LogP contribution >= 0.6 is 0 Å². The highest BCUT2D eigenvalue weighted by Crippen LogP contribution is 2.21. The van der Waals surface area contributed by atoms with Crippen LogP contribution in [0.4, 0.5) is 0 Å². The van der Waals surface area contributed by atoms with Crippen LogP contribution in [0.5, 0.6) is 0 Å². The molecule has 0 saturated carbocycles. The number of nitrogens with one attached hydrogen (secondary N) is 1. The van der Waals surface area contributed by atoms with Crippen molar-refractivity contribution < 1.29 is 0 Å². The third-order valence-corrected chi connectivity index (χ3v) is 4.37. The molecule has 1 aliphatic heterocycles. The summed E-state index contributed by atoms with van der Waals surface area (Å²) in [6, 6.07) is 0.750. The SMILES string of the molecule is CCC1CCCN(C(C)CCNCC(C)C)CC1. The highest BCUT2D eigenvalue weighted by molar-refractivity contribution is 4.74. The van der Waals surface area contributed by atoms with Gasteiger partial charge < -0.3 is 10.2 Å². The quantitative estimate of drug-likeness (QED) is 0.699. The van der Waals surface area contributed by atoms with Gasteiger partial charge in [0.2, 0.25) is 0 Å². The number of rotatable bonds is 7. The van der Waals surface area contributed by atoms with Crippen LogP contribution in [-0.4, -0.2) is 37.1 Å². The second kappa shape index (κ2) is 8.92. The van der Waals surface area contributed by atoms with Crippen LogP contribution in [0.25, 0.3) is 0 Å². The molecule has 18 heavy (non-hydrogen) atoms.